The second kappa shape index (κ2) is 8.41. The molecule has 0 aromatic heterocycles. The van der Waals surface area contributed by atoms with Crippen molar-refractivity contribution in [3.05, 3.63) is 24.3 Å². The number of para-hydroxylation sites is 2. The molecule has 1 heterocycles. The van der Waals surface area contributed by atoms with Gasteiger partial charge in [0.05, 0.1) is 24.2 Å². The molecule has 0 saturated carbocycles. The van der Waals surface area contributed by atoms with Crippen LogP contribution in [-0.4, -0.2) is 68.4 Å². The molecule has 1 saturated heterocycles. The quantitative estimate of drug-likeness (QED) is 0.791. The molecule has 1 aliphatic heterocycles. The molecule has 1 aromatic rings. The summed E-state index contributed by atoms with van der Waals surface area (Å²) in [6, 6.07) is 6.98. The van der Waals surface area contributed by atoms with Gasteiger partial charge in [0, 0.05) is 26.6 Å². The van der Waals surface area contributed by atoms with Gasteiger partial charge in [0.15, 0.2) is 0 Å². The Hall–Kier alpha value is -1.97. The van der Waals surface area contributed by atoms with E-state index in [-0.39, 0.29) is 18.4 Å². The first-order valence-electron chi connectivity index (χ1n) is 8.09. The highest BCUT2D eigenvalue weighted by Crippen LogP contribution is 2.20. The molecule has 9 heteroatoms. The molecule has 1 fully saturated rings. The molecule has 1 aromatic carbocycles. The number of hydrogen-bond acceptors (Lipinski definition) is 5. The van der Waals surface area contributed by atoms with Gasteiger partial charge in [-0.2, -0.15) is 0 Å². The van der Waals surface area contributed by atoms with E-state index in [1.807, 2.05) is 4.90 Å². The minimum absolute atomic E-state index is 0.173. The van der Waals surface area contributed by atoms with Gasteiger partial charge in [-0.3, -0.25) is 14.5 Å². The Labute approximate surface area is 148 Å². The largest absolute Gasteiger partial charge is 0.325 e. The van der Waals surface area contributed by atoms with Gasteiger partial charge in [0.25, 0.3) is 0 Å². The molecule has 8 nitrogen and oxygen atoms in total. The molecule has 0 radical (unpaired) electrons. The van der Waals surface area contributed by atoms with Crippen molar-refractivity contribution in [3.63, 3.8) is 0 Å². The molecule has 25 heavy (non-hydrogen) atoms. The second-order valence-corrected chi connectivity index (χ2v) is 8.05. The summed E-state index contributed by atoms with van der Waals surface area (Å²) in [5, 5.41) is 5.47. The van der Waals surface area contributed by atoms with Gasteiger partial charge in [-0.15, -0.1) is 0 Å². The highest BCUT2D eigenvalue weighted by molar-refractivity contribution is 7.88. The third-order valence-electron chi connectivity index (χ3n) is 3.90. The summed E-state index contributed by atoms with van der Waals surface area (Å²) in [6.45, 7) is 3.60. The van der Waals surface area contributed by atoms with Crippen LogP contribution in [-0.2, 0) is 19.6 Å². The number of nitrogens with zero attached hydrogens (tertiary/aromatic N) is 2. The van der Waals surface area contributed by atoms with Crippen LogP contribution in [0.5, 0.6) is 0 Å². The van der Waals surface area contributed by atoms with Gasteiger partial charge in [-0.1, -0.05) is 12.1 Å². The highest BCUT2D eigenvalue weighted by atomic mass is 32.2. The number of carbonyl (C=O) groups excluding carboxylic acids is 2. The fourth-order valence-electron chi connectivity index (χ4n) is 2.72. The van der Waals surface area contributed by atoms with Crippen LogP contribution >= 0.6 is 0 Å². The van der Waals surface area contributed by atoms with E-state index in [1.54, 1.807) is 24.3 Å². The third kappa shape index (κ3) is 6.11. The van der Waals surface area contributed by atoms with Crippen LogP contribution in [0, 0.1) is 0 Å². The Balaban J connectivity index is 1.94. The van der Waals surface area contributed by atoms with Gasteiger partial charge in [0.2, 0.25) is 21.8 Å². The summed E-state index contributed by atoms with van der Waals surface area (Å²) in [6.07, 6.45) is 1.89. The van der Waals surface area contributed by atoms with Crippen molar-refractivity contribution >= 4 is 33.2 Å². The summed E-state index contributed by atoms with van der Waals surface area (Å²) < 4.78 is 24.7. The van der Waals surface area contributed by atoms with Crippen molar-refractivity contribution < 1.29 is 18.0 Å². The maximum absolute atomic E-state index is 12.3. The maximum atomic E-state index is 12.3. The lowest BCUT2D eigenvalue weighted by atomic mass is 10.2. The molecule has 0 spiro atoms. The standard InChI is InChI=1S/C16H24N4O4S/c1-13(21)17-14-6-3-4-7-15(14)18-16(22)12-19-8-5-9-20(11-10-19)25(2,23)24/h3-4,6-7H,5,8-12H2,1-2H3,(H,17,21)(H,18,22). The average Bonchev–Trinajstić information content (AvgIpc) is 2.74. The summed E-state index contributed by atoms with van der Waals surface area (Å²) >= 11 is 0. The SMILES string of the molecule is CC(=O)Nc1ccccc1NC(=O)CN1CCCN(S(C)(=O)=O)CC1. The van der Waals surface area contributed by atoms with E-state index in [2.05, 4.69) is 10.6 Å². The monoisotopic (exact) mass is 368 g/mol. The fraction of sp³-hybridized carbons (Fsp3) is 0.500. The number of amides is 2. The molecular weight excluding hydrogens is 344 g/mol. The van der Waals surface area contributed by atoms with Crippen molar-refractivity contribution in [2.75, 3.05) is 49.6 Å². The molecule has 0 aliphatic carbocycles. The van der Waals surface area contributed by atoms with Crippen molar-refractivity contribution in [1.29, 1.82) is 0 Å². The van der Waals surface area contributed by atoms with Crippen LogP contribution in [0.4, 0.5) is 11.4 Å². The number of nitrogens with one attached hydrogen (secondary N) is 2. The number of anilines is 2. The zero-order valence-electron chi connectivity index (χ0n) is 14.5. The predicted molar refractivity (Wildman–Crippen MR) is 96.8 cm³/mol. The number of carbonyl (C=O) groups is 2. The zero-order valence-corrected chi connectivity index (χ0v) is 15.3. The van der Waals surface area contributed by atoms with Crippen molar-refractivity contribution in [2.45, 2.75) is 13.3 Å². The molecular formula is C16H24N4O4S. The number of benzene rings is 1. The molecule has 2 N–H and O–H groups in total. The molecule has 1 aliphatic rings. The first-order valence-corrected chi connectivity index (χ1v) is 9.94. The van der Waals surface area contributed by atoms with Gasteiger partial charge in [-0.25, -0.2) is 12.7 Å². The lowest BCUT2D eigenvalue weighted by Crippen LogP contribution is -2.37. The lowest BCUT2D eigenvalue weighted by molar-refractivity contribution is -0.117. The first-order chi connectivity index (χ1) is 11.8. The lowest BCUT2D eigenvalue weighted by Gasteiger charge is -2.20. The topological polar surface area (TPSA) is 98.8 Å². The van der Waals surface area contributed by atoms with Crippen LogP contribution in [0.25, 0.3) is 0 Å². The fourth-order valence-corrected chi connectivity index (χ4v) is 3.59. The number of hydrogen-bond donors (Lipinski definition) is 2. The smallest absolute Gasteiger partial charge is 0.238 e. The summed E-state index contributed by atoms with van der Waals surface area (Å²) in [5.74, 6) is -0.416. The molecule has 2 rings (SSSR count). The van der Waals surface area contributed by atoms with Crippen LogP contribution in [0.15, 0.2) is 24.3 Å². The van der Waals surface area contributed by atoms with Gasteiger partial charge in [0.1, 0.15) is 0 Å². The van der Waals surface area contributed by atoms with Crippen molar-refractivity contribution in [2.24, 2.45) is 0 Å². The minimum atomic E-state index is -3.20. The summed E-state index contributed by atoms with van der Waals surface area (Å²) in [7, 11) is -3.20. The summed E-state index contributed by atoms with van der Waals surface area (Å²) in [4.78, 5) is 25.5. The Kier molecular flexibility index (Phi) is 6.51. The van der Waals surface area contributed by atoms with Gasteiger partial charge >= 0.3 is 0 Å². The number of rotatable bonds is 5. The average molecular weight is 368 g/mol. The normalized spacial score (nSPS) is 16.9. The van der Waals surface area contributed by atoms with Crippen LogP contribution in [0.3, 0.4) is 0 Å². The maximum Gasteiger partial charge on any atom is 0.238 e. The van der Waals surface area contributed by atoms with E-state index in [0.717, 1.165) is 0 Å². The molecule has 138 valence electrons. The predicted octanol–water partition coefficient (Wildman–Crippen LogP) is 0.551. The first kappa shape index (κ1) is 19.4. The molecule has 0 atom stereocenters. The van der Waals surface area contributed by atoms with Crippen molar-refractivity contribution in [3.8, 4) is 0 Å². The number of sulfonamides is 1. The Bertz CT molecular complexity index is 735. The highest BCUT2D eigenvalue weighted by Gasteiger charge is 2.22. The van der Waals surface area contributed by atoms with Gasteiger partial charge in [-0.05, 0) is 25.1 Å². The molecule has 0 bridgehead atoms. The molecule has 0 unspecified atom stereocenters. The van der Waals surface area contributed by atoms with E-state index in [1.165, 1.54) is 17.5 Å². The van der Waals surface area contributed by atoms with Gasteiger partial charge < -0.3 is 10.6 Å². The Morgan fingerprint density at radius 2 is 1.68 bits per heavy atom. The Morgan fingerprint density at radius 3 is 2.28 bits per heavy atom. The molecule has 2 amide bonds. The summed E-state index contributed by atoms with van der Waals surface area (Å²) in [5.41, 5.74) is 1.08. The Morgan fingerprint density at radius 1 is 1.04 bits per heavy atom. The minimum Gasteiger partial charge on any atom is -0.325 e. The van der Waals surface area contributed by atoms with Crippen LogP contribution in [0.1, 0.15) is 13.3 Å². The van der Waals surface area contributed by atoms with Crippen LogP contribution < -0.4 is 10.6 Å². The third-order valence-corrected chi connectivity index (χ3v) is 5.20. The second-order valence-electron chi connectivity index (χ2n) is 6.07. The van der Waals surface area contributed by atoms with E-state index in [9.17, 15) is 18.0 Å². The zero-order chi connectivity index (χ0) is 18.4. The van der Waals surface area contributed by atoms with E-state index in [4.69, 9.17) is 0 Å². The van der Waals surface area contributed by atoms with Crippen LogP contribution in [0.2, 0.25) is 0 Å². The van der Waals surface area contributed by atoms with Crippen molar-refractivity contribution in [1.82, 2.24) is 9.21 Å². The van der Waals surface area contributed by atoms with E-state index >= 15 is 0 Å². The van der Waals surface area contributed by atoms with E-state index < -0.39 is 10.0 Å². The van der Waals surface area contributed by atoms with E-state index in [0.29, 0.717) is 44.0 Å².